The molecule has 0 unspecified atom stereocenters. The number of methoxy groups -OCH3 is 1. The number of hydrogen-bond donors (Lipinski definition) is 0. The van der Waals surface area contributed by atoms with E-state index in [1.54, 1.807) is 13.3 Å². The number of aromatic nitrogens is 2. The number of nitrogens with zero attached hydrogens (tertiary/aromatic N) is 2. The van der Waals surface area contributed by atoms with Crippen molar-refractivity contribution in [3.8, 4) is 17.1 Å². The van der Waals surface area contributed by atoms with Crippen molar-refractivity contribution in [3.05, 3.63) is 42.2 Å². The second-order valence-electron chi connectivity index (χ2n) is 3.24. The molecule has 0 saturated heterocycles. The fourth-order valence-corrected chi connectivity index (χ4v) is 1.39. The lowest BCUT2D eigenvalue weighted by Gasteiger charge is -2.06. The second kappa shape index (κ2) is 4.09. The van der Waals surface area contributed by atoms with Crippen LogP contribution in [0.4, 0.5) is 0 Å². The molecule has 0 radical (unpaired) electrons. The van der Waals surface area contributed by atoms with E-state index in [2.05, 4.69) is 9.97 Å². The van der Waals surface area contributed by atoms with Crippen LogP contribution < -0.4 is 4.74 Å². The van der Waals surface area contributed by atoms with Crippen LogP contribution in [-0.2, 0) is 0 Å². The van der Waals surface area contributed by atoms with Gasteiger partial charge in [0, 0.05) is 11.8 Å². The van der Waals surface area contributed by atoms with Gasteiger partial charge >= 0.3 is 0 Å². The summed E-state index contributed by atoms with van der Waals surface area (Å²) in [5, 5.41) is 0. The molecular weight excluding hydrogens is 188 g/mol. The van der Waals surface area contributed by atoms with E-state index in [9.17, 15) is 0 Å². The molecule has 2 rings (SSSR count). The number of hydrogen-bond acceptors (Lipinski definition) is 3. The van der Waals surface area contributed by atoms with Crippen molar-refractivity contribution in [3.63, 3.8) is 0 Å². The van der Waals surface area contributed by atoms with Crippen LogP contribution in [0.25, 0.3) is 11.3 Å². The van der Waals surface area contributed by atoms with Gasteiger partial charge in [0.25, 0.3) is 0 Å². The summed E-state index contributed by atoms with van der Waals surface area (Å²) >= 11 is 0. The van der Waals surface area contributed by atoms with Crippen molar-refractivity contribution in [2.75, 3.05) is 7.11 Å². The minimum atomic E-state index is 0.571. The first kappa shape index (κ1) is 9.65. The van der Waals surface area contributed by atoms with Crippen molar-refractivity contribution in [2.45, 2.75) is 6.92 Å². The summed E-state index contributed by atoms with van der Waals surface area (Å²) < 4.78 is 5.21. The predicted octanol–water partition coefficient (Wildman–Crippen LogP) is 2.46. The lowest BCUT2D eigenvalue weighted by Crippen LogP contribution is -1.96. The maximum Gasteiger partial charge on any atom is 0.240 e. The van der Waals surface area contributed by atoms with Crippen LogP contribution in [0.3, 0.4) is 0 Å². The molecule has 0 bridgehead atoms. The maximum atomic E-state index is 5.21. The lowest BCUT2D eigenvalue weighted by molar-refractivity contribution is 0.396. The van der Waals surface area contributed by atoms with Crippen molar-refractivity contribution in [1.29, 1.82) is 0 Å². The zero-order valence-corrected chi connectivity index (χ0v) is 8.77. The number of benzene rings is 1. The van der Waals surface area contributed by atoms with Crippen molar-refractivity contribution in [2.24, 2.45) is 0 Å². The summed E-state index contributed by atoms with van der Waals surface area (Å²) in [5.74, 6) is 0.571. The smallest absolute Gasteiger partial charge is 0.240 e. The third-order valence-electron chi connectivity index (χ3n) is 2.10. The molecule has 0 aliphatic heterocycles. The molecule has 3 nitrogen and oxygen atoms in total. The van der Waals surface area contributed by atoms with Gasteiger partial charge < -0.3 is 4.74 Å². The van der Waals surface area contributed by atoms with Crippen LogP contribution in [0.5, 0.6) is 5.88 Å². The summed E-state index contributed by atoms with van der Waals surface area (Å²) in [6, 6.07) is 9.88. The Hall–Kier alpha value is -1.90. The fraction of sp³-hybridized carbons (Fsp3) is 0.167. The van der Waals surface area contributed by atoms with Gasteiger partial charge in [-0.1, -0.05) is 30.3 Å². The van der Waals surface area contributed by atoms with Crippen LogP contribution in [0.1, 0.15) is 5.69 Å². The van der Waals surface area contributed by atoms with E-state index in [1.807, 2.05) is 37.3 Å². The first-order valence-corrected chi connectivity index (χ1v) is 4.74. The van der Waals surface area contributed by atoms with Crippen LogP contribution in [0.2, 0.25) is 0 Å². The molecule has 1 aromatic heterocycles. The average Bonchev–Trinajstić information content (AvgIpc) is 2.30. The van der Waals surface area contributed by atoms with E-state index < -0.39 is 0 Å². The van der Waals surface area contributed by atoms with E-state index in [0.717, 1.165) is 17.0 Å². The topological polar surface area (TPSA) is 35.0 Å². The molecule has 0 fully saturated rings. The molecule has 0 aliphatic carbocycles. The van der Waals surface area contributed by atoms with Gasteiger partial charge in [-0.3, -0.25) is 0 Å². The largest absolute Gasteiger partial charge is 0.479 e. The molecule has 1 aromatic carbocycles. The van der Waals surface area contributed by atoms with Crippen LogP contribution in [0.15, 0.2) is 36.5 Å². The maximum absolute atomic E-state index is 5.21. The highest BCUT2D eigenvalue weighted by Crippen LogP contribution is 2.25. The molecule has 15 heavy (non-hydrogen) atoms. The highest BCUT2D eigenvalue weighted by atomic mass is 16.5. The van der Waals surface area contributed by atoms with E-state index >= 15 is 0 Å². The summed E-state index contributed by atoms with van der Waals surface area (Å²) in [6.07, 6.45) is 1.74. The first-order chi connectivity index (χ1) is 7.31. The van der Waals surface area contributed by atoms with Gasteiger partial charge in [-0.25, -0.2) is 9.97 Å². The van der Waals surface area contributed by atoms with Crippen LogP contribution in [0, 0.1) is 6.92 Å². The van der Waals surface area contributed by atoms with Crippen molar-refractivity contribution < 1.29 is 4.74 Å². The molecule has 0 amide bonds. The summed E-state index contributed by atoms with van der Waals surface area (Å²) in [5.41, 5.74) is 2.65. The van der Waals surface area contributed by atoms with Crippen LogP contribution in [-0.4, -0.2) is 17.1 Å². The zero-order valence-electron chi connectivity index (χ0n) is 8.77. The first-order valence-electron chi connectivity index (χ1n) is 4.74. The summed E-state index contributed by atoms with van der Waals surface area (Å²) in [6.45, 7) is 1.89. The molecule has 1 heterocycles. The van der Waals surface area contributed by atoms with Gasteiger partial charge in [0.1, 0.15) is 5.69 Å². The minimum absolute atomic E-state index is 0.571. The lowest BCUT2D eigenvalue weighted by atomic mass is 10.1. The van der Waals surface area contributed by atoms with Crippen molar-refractivity contribution >= 4 is 0 Å². The van der Waals surface area contributed by atoms with E-state index in [0.29, 0.717) is 5.88 Å². The Bertz CT molecular complexity index is 454. The molecular formula is C12H12N2O. The Morgan fingerprint density at radius 3 is 2.53 bits per heavy atom. The Kier molecular flexibility index (Phi) is 2.63. The van der Waals surface area contributed by atoms with Gasteiger partial charge in [-0.05, 0) is 6.92 Å². The molecule has 76 valence electrons. The standard InChI is InChI=1S/C12H12N2O/c1-9-8-13-11(12(14-9)15-2)10-6-4-3-5-7-10/h3-8H,1-2H3. The minimum Gasteiger partial charge on any atom is -0.479 e. The molecule has 2 aromatic rings. The number of ether oxygens (including phenoxy) is 1. The number of aryl methyl sites for hydroxylation is 1. The highest BCUT2D eigenvalue weighted by Gasteiger charge is 2.08. The molecule has 0 atom stereocenters. The molecule has 0 aliphatic rings. The highest BCUT2D eigenvalue weighted by molar-refractivity contribution is 5.63. The predicted molar refractivity (Wildman–Crippen MR) is 58.8 cm³/mol. The second-order valence-corrected chi connectivity index (χ2v) is 3.24. The van der Waals surface area contributed by atoms with E-state index in [-0.39, 0.29) is 0 Å². The van der Waals surface area contributed by atoms with Gasteiger partial charge in [-0.15, -0.1) is 0 Å². The third-order valence-corrected chi connectivity index (χ3v) is 2.10. The molecule has 0 N–H and O–H groups in total. The SMILES string of the molecule is COc1nc(C)cnc1-c1ccccc1. The van der Waals surface area contributed by atoms with E-state index in [4.69, 9.17) is 4.74 Å². The Labute approximate surface area is 88.8 Å². The monoisotopic (exact) mass is 200 g/mol. The molecule has 0 spiro atoms. The Morgan fingerprint density at radius 1 is 1.13 bits per heavy atom. The zero-order chi connectivity index (χ0) is 10.7. The van der Waals surface area contributed by atoms with Gasteiger partial charge in [-0.2, -0.15) is 0 Å². The van der Waals surface area contributed by atoms with Gasteiger partial charge in [0.15, 0.2) is 0 Å². The van der Waals surface area contributed by atoms with Gasteiger partial charge in [0.2, 0.25) is 5.88 Å². The van der Waals surface area contributed by atoms with Crippen LogP contribution >= 0.6 is 0 Å². The quantitative estimate of drug-likeness (QED) is 0.747. The van der Waals surface area contributed by atoms with Crippen molar-refractivity contribution in [1.82, 2.24) is 9.97 Å². The van der Waals surface area contributed by atoms with E-state index in [1.165, 1.54) is 0 Å². The normalized spacial score (nSPS) is 10.0. The Morgan fingerprint density at radius 2 is 1.87 bits per heavy atom. The molecule has 0 saturated carbocycles. The summed E-state index contributed by atoms with van der Waals surface area (Å²) in [4.78, 5) is 8.62. The summed E-state index contributed by atoms with van der Waals surface area (Å²) in [7, 11) is 1.61. The molecule has 3 heteroatoms. The Balaban J connectivity index is 2.53. The fourth-order valence-electron chi connectivity index (χ4n) is 1.39. The number of rotatable bonds is 2. The third kappa shape index (κ3) is 1.96. The average molecular weight is 200 g/mol. The van der Waals surface area contributed by atoms with Gasteiger partial charge in [0.05, 0.1) is 12.8 Å².